The van der Waals surface area contributed by atoms with Gasteiger partial charge in [-0.05, 0) is 24.2 Å². The molecule has 1 aliphatic rings. The third-order valence-electron chi connectivity index (χ3n) is 4.17. The fourth-order valence-corrected chi connectivity index (χ4v) is 3.00. The van der Waals surface area contributed by atoms with Gasteiger partial charge in [-0.1, -0.05) is 34.1 Å². The Morgan fingerprint density at radius 1 is 1.22 bits per heavy atom. The van der Waals surface area contributed by atoms with Crippen LogP contribution in [0.3, 0.4) is 0 Å². The molecule has 1 aromatic heterocycles. The van der Waals surface area contributed by atoms with Gasteiger partial charge in [-0.25, -0.2) is 4.98 Å². The van der Waals surface area contributed by atoms with Gasteiger partial charge >= 0.3 is 0 Å². The summed E-state index contributed by atoms with van der Waals surface area (Å²) >= 11 is 0. The van der Waals surface area contributed by atoms with Crippen molar-refractivity contribution in [2.45, 2.75) is 41.0 Å². The molecule has 1 fully saturated rings. The molecule has 18 heavy (non-hydrogen) atoms. The van der Waals surface area contributed by atoms with Crippen molar-refractivity contribution in [1.82, 2.24) is 9.97 Å². The van der Waals surface area contributed by atoms with Crippen molar-refractivity contribution in [3.63, 3.8) is 0 Å². The molecule has 0 bridgehead atoms. The van der Waals surface area contributed by atoms with Crippen molar-refractivity contribution in [2.24, 2.45) is 17.3 Å². The lowest BCUT2D eigenvalue weighted by Gasteiger charge is -2.30. The number of nitrogens with zero attached hydrogens (tertiary/aromatic N) is 3. The Labute approximate surface area is 111 Å². The normalized spacial score (nSPS) is 24.6. The van der Waals surface area contributed by atoms with Crippen molar-refractivity contribution in [3.8, 4) is 0 Å². The highest BCUT2D eigenvalue weighted by atomic mass is 15.2. The second-order valence-corrected chi connectivity index (χ2v) is 6.56. The van der Waals surface area contributed by atoms with E-state index >= 15 is 0 Å². The minimum Gasteiger partial charge on any atom is -0.355 e. The Hall–Kier alpha value is -1.12. The Kier molecular flexibility index (Phi) is 3.60. The summed E-state index contributed by atoms with van der Waals surface area (Å²) in [4.78, 5) is 11.3. The van der Waals surface area contributed by atoms with Gasteiger partial charge in [0.1, 0.15) is 5.82 Å². The van der Waals surface area contributed by atoms with E-state index in [0.29, 0.717) is 5.41 Å². The predicted molar refractivity (Wildman–Crippen MR) is 75.7 cm³/mol. The minimum atomic E-state index is 0.369. The molecule has 0 spiro atoms. The fraction of sp³-hybridized carbons (Fsp3) is 0.733. The van der Waals surface area contributed by atoms with Gasteiger partial charge in [0.15, 0.2) is 0 Å². The smallest absolute Gasteiger partial charge is 0.147 e. The predicted octanol–water partition coefficient (Wildman–Crippen LogP) is 3.29. The molecule has 3 heteroatoms. The number of rotatable bonds is 2. The average Bonchev–Trinajstić information content (AvgIpc) is 2.73. The molecule has 100 valence electrons. The number of aryl methyl sites for hydroxylation is 1. The molecule has 2 unspecified atom stereocenters. The molecule has 0 N–H and O–H groups in total. The highest BCUT2D eigenvalue weighted by Crippen LogP contribution is 2.40. The van der Waals surface area contributed by atoms with Crippen molar-refractivity contribution >= 4 is 5.82 Å². The minimum absolute atomic E-state index is 0.369. The maximum atomic E-state index is 4.51. The zero-order valence-electron chi connectivity index (χ0n) is 12.3. The molecule has 0 aliphatic carbocycles. The number of anilines is 1. The van der Waals surface area contributed by atoms with E-state index in [1.807, 2.05) is 19.3 Å². The molecule has 0 amide bonds. The zero-order valence-corrected chi connectivity index (χ0v) is 12.3. The molecule has 1 aromatic rings. The lowest BCUT2D eigenvalue weighted by molar-refractivity contribution is 0.200. The highest BCUT2D eigenvalue weighted by Gasteiger charge is 2.39. The van der Waals surface area contributed by atoms with E-state index < -0.39 is 0 Å². The van der Waals surface area contributed by atoms with Crippen LogP contribution in [0.1, 0.15) is 39.8 Å². The van der Waals surface area contributed by atoms with E-state index in [9.17, 15) is 0 Å². The van der Waals surface area contributed by atoms with E-state index in [-0.39, 0.29) is 0 Å². The van der Waals surface area contributed by atoms with Crippen LogP contribution in [0.15, 0.2) is 12.4 Å². The first-order valence-electron chi connectivity index (χ1n) is 6.95. The van der Waals surface area contributed by atoms with Crippen LogP contribution in [-0.2, 0) is 0 Å². The fourth-order valence-electron chi connectivity index (χ4n) is 3.00. The molecule has 2 rings (SSSR count). The molecular weight excluding hydrogens is 222 g/mol. The summed E-state index contributed by atoms with van der Waals surface area (Å²) in [6, 6.07) is 0. The molecular formula is C15H25N3. The Morgan fingerprint density at radius 2 is 1.94 bits per heavy atom. The molecule has 2 atom stereocenters. The monoisotopic (exact) mass is 247 g/mol. The maximum Gasteiger partial charge on any atom is 0.147 e. The molecule has 3 nitrogen and oxygen atoms in total. The molecule has 1 aliphatic heterocycles. The van der Waals surface area contributed by atoms with Crippen molar-refractivity contribution in [2.75, 3.05) is 18.0 Å². The van der Waals surface area contributed by atoms with Crippen molar-refractivity contribution in [3.05, 3.63) is 18.1 Å². The van der Waals surface area contributed by atoms with Gasteiger partial charge in [-0.2, -0.15) is 0 Å². The SMILES string of the molecule is CCC1CN(c2cnc(C)cn2)CC1C(C)(C)C. The molecule has 0 aromatic carbocycles. The van der Waals surface area contributed by atoms with Gasteiger partial charge in [-0.15, -0.1) is 0 Å². The topological polar surface area (TPSA) is 29.0 Å². The van der Waals surface area contributed by atoms with Gasteiger partial charge in [0, 0.05) is 13.1 Å². The lowest BCUT2D eigenvalue weighted by atomic mass is 9.74. The van der Waals surface area contributed by atoms with Crippen molar-refractivity contribution < 1.29 is 0 Å². The summed E-state index contributed by atoms with van der Waals surface area (Å²) in [7, 11) is 0. The second kappa shape index (κ2) is 4.87. The van der Waals surface area contributed by atoms with Gasteiger partial charge < -0.3 is 4.90 Å². The summed E-state index contributed by atoms with van der Waals surface area (Å²) in [5, 5.41) is 0. The summed E-state index contributed by atoms with van der Waals surface area (Å²) in [5.41, 5.74) is 1.35. The first kappa shape index (κ1) is 13.3. The largest absolute Gasteiger partial charge is 0.355 e. The number of hydrogen-bond acceptors (Lipinski definition) is 3. The van der Waals surface area contributed by atoms with Gasteiger partial charge in [0.25, 0.3) is 0 Å². The Morgan fingerprint density at radius 3 is 2.39 bits per heavy atom. The summed E-state index contributed by atoms with van der Waals surface area (Å²) < 4.78 is 0. The van der Waals surface area contributed by atoms with Crippen molar-refractivity contribution in [1.29, 1.82) is 0 Å². The van der Waals surface area contributed by atoms with E-state index in [1.54, 1.807) is 0 Å². The third kappa shape index (κ3) is 2.65. The molecule has 2 heterocycles. The lowest BCUT2D eigenvalue weighted by Crippen LogP contribution is -2.28. The van der Waals surface area contributed by atoms with Crippen LogP contribution in [0.5, 0.6) is 0 Å². The maximum absolute atomic E-state index is 4.51. The van der Waals surface area contributed by atoms with E-state index in [4.69, 9.17) is 0 Å². The van der Waals surface area contributed by atoms with Gasteiger partial charge in [0.05, 0.1) is 18.1 Å². The van der Waals surface area contributed by atoms with E-state index in [0.717, 1.165) is 36.4 Å². The van der Waals surface area contributed by atoms with Crippen LogP contribution in [-0.4, -0.2) is 23.1 Å². The van der Waals surface area contributed by atoms with Crippen LogP contribution in [0.2, 0.25) is 0 Å². The Balaban J connectivity index is 2.16. The first-order chi connectivity index (χ1) is 8.41. The molecule has 0 radical (unpaired) electrons. The average molecular weight is 247 g/mol. The number of hydrogen-bond donors (Lipinski definition) is 0. The molecule has 0 saturated carbocycles. The van der Waals surface area contributed by atoms with E-state index in [1.165, 1.54) is 6.42 Å². The van der Waals surface area contributed by atoms with Crippen LogP contribution < -0.4 is 4.90 Å². The summed E-state index contributed by atoms with van der Waals surface area (Å²) in [6.45, 7) is 13.6. The van der Waals surface area contributed by atoms with Crippen LogP contribution in [0.25, 0.3) is 0 Å². The highest BCUT2D eigenvalue weighted by molar-refractivity contribution is 5.38. The number of aromatic nitrogens is 2. The second-order valence-electron chi connectivity index (χ2n) is 6.56. The van der Waals surface area contributed by atoms with Crippen LogP contribution >= 0.6 is 0 Å². The van der Waals surface area contributed by atoms with Gasteiger partial charge in [-0.3, -0.25) is 4.98 Å². The standard InChI is InChI=1S/C15H25N3/c1-6-12-9-18(10-13(12)15(3,4)5)14-8-16-11(2)7-17-14/h7-8,12-13H,6,9-10H2,1-5H3. The molecule has 1 saturated heterocycles. The first-order valence-corrected chi connectivity index (χ1v) is 6.95. The Bertz CT molecular complexity index is 391. The third-order valence-corrected chi connectivity index (χ3v) is 4.17. The van der Waals surface area contributed by atoms with Gasteiger partial charge in [0.2, 0.25) is 0 Å². The van der Waals surface area contributed by atoms with Crippen LogP contribution in [0.4, 0.5) is 5.82 Å². The van der Waals surface area contributed by atoms with E-state index in [2.05, 4.69) is 42.6 Å². The quantitative estimate of drug-likeness (QED) is 0.803. The summed E-state index contributed by atoms with van der Waals surface area (Å²) in [5.74, 6) is 2.55. The van der Waals surface area contributed by atoms with Crippen LogP contribution in [0, 0.1) is 24.2 Å². The summed E-state index contributed by atoms with van der Waals surface area (Å²) in [6.07, 6.45) is 5.02. The zero-order chi connectivity index (χ0) is 13.3.